The summed E-state index contributed by atoms with van der Waals surface area (Å²) in [6.07, 6.45) is 2.07. The third kappa shape index (κ3) is 3.23. The zero-order valence-corrected chi connectivity index (χ0v) is 8.38. The number of rotatable bonds is 4. The minimum Gasteiger partial charge on any atom is -0.388 e. The maximum absolute atomic E-state index is 10.1. The molecule has 0 bridgehead atoms. The lowest BCUT2D eigenvalue weighted by Gasteiger charge is -2.34. The molecular formula is C9H19NO3. The minimum atomic E-state index is -0.658. The van der Waals surface area contributed by atoms with Gasteiger partial charge in [0.05, 0.1) is 5.60 Å². The summed E-state index contributed by atoms with van der Waals surface area (Å²) in [5.41, 5.74) is -0.658. The average Bonchev–Trinajstić information content (AvgIpc) is 2.15. The van der Waals surface area contributed by atoms with Crippen molar-refractivity contribution in [2.75, 3.05) is 27.3 Å². The molecule has 1 aliphatic rings. The summed E-state index contributed by atoms with van der Waals surface area (Å²) in [6.45, 7) is 1.63. The van der Waals surface area contributed by atoms with Gasteiger partial charge in [-0.2, -0.15) is 0 Å². The van der Waals surface area contributed by atoms with Crippen LogP contribution in [0.4, 0.5) is 0 Å². The number of nitrogens with one attached hydrogen (secondary N) is 1. The van der Waals surface area contributed by atoms with Gasteiger partial charge in [0.1, 0.15) is 0 Å². The van der Waals surface area contributed by atoms with E-state index in [4.69, 9.17) is 9.47 Å². The molecule has 1 rings (SSSR count). The molecule has 0 aromatic rings. The lowest BCUT2D eigenvalue weighted by Crippen LogP contribution is -2.48. The zero-order valence-electron chi connectivity index (χ0n) is 8.38. The monoisotopic (exact) mass is 189 g/mol. The molecule has 0 aliphatic carbocycles. The number of methoxy groups -OCH3 is 2. The number of piperidine rings is 1. The van der Waals surface area contributed by atoms with Crippen molar-refractivity contribution in [3.63, 3.8) is 0 Å². The summed E-state index contributed by atoms with van der Waals surface area (Å²) in [4.78, 5) is 0. The van der Waals surface area contributed by atoms with Crippen LogP contribution in [0.3, 0.4) is 0 Å². The van der Waals surface area contributed by atoms with Crippen LogP contribution >= 0.6 is 0 Å². The van der Waals surface area contributed by atoms with Gasteiger partial charge in [0.2, 0.25) is 0 Å². The largest absolute Gasteiger partial charge is 0.388 e. The molecule has 0 amide bonds. The predicted molar refractivity (Wildman–Crippen MR) is 49.5 cm³/mol. The fourth-order valence-electron chi connectivity index (χ4n) is 1.70. The quantitative estimate of drug-likeness (QED) is 0.616. The van der Waals surface area contributed by atoms with Crippen LogP contribution in [0, 0.1) is 0 Å². The summed E-state index contributed by atoms with van der Waals surface area (Å²) < 4.78 is 10.1. The van der Waals surface area contributed by atoms with Crippen LogP contribution in [0.15, 0.2) is 0 Å². The van der Waals surface area contributed by atoms with Crippen LogP contribution in [0.2, 0.25) is 0 Å². The fourth-order valence-corrected chi connectivity index (χ4v) is 1.70. The number of aliphatic hydroxyl groups is 1. The fraction of sp³-hybridized carbons (Fsp3) is 1.00. The Hall–Kier alpha value is -0.160. The highest BCUT2D eigenvalue weighted by Gasteiger charge is 2.32. The Morgan fingerprint density at radius 2 is 2.15 bits per heavy atom. The van der Waals surface area contributed by atoms with Crippen LogP contribution in [0.5, 0.6) is 0 Å². The van der Waals surface area contributed by atoms with Crippen molar-refractivity contribution < 1.29 is 14.6 Å². The van der Waals surface area contributed by atoms with E-state index in [0.717, 1.165) is 19.4 Å². The van der Waals surface area contributed by atoms with E-state index in [1.165, 1.54) is 0 Å². The lowest BCUT2D eigenvalue weighted by atomic mass is 9.90. The Bertz CT molecular complexity index is 142. The van der Waals surface area contributed by atoms with Gasteiger partial charge in [-0.15, -0.1) is 0 Å². The molecule has 1 atom stereocenters. The van der Waals surface area contributed by atoms with Crippen molar-refractivity contribution in [3.8, 4) is 0 Å². The van der Waals surface area contributed by atoms with Gasteiger partial charge >= 0.3 is 0 Å². The summed E-state index contributed by atoms with van der Waals surface area (Å²) in [7, 11) is 3.18. The van der Waals surface area contributed by atoms with E-state index in [1.54, 1.807) is 14.2 Å². The minimum absolute atomic E-state index is 0.301. The number of hydrogen-bond donors (Lipinski definition) is 2. The van der Waals surface area contributed by atoms with Gasteiger partial charge in [-0.05, 0) is 19.4 Å². The van der Waals surface area contributed by atoms with Gasteiger partial charge in [-0.25, -0.2) is 0 Å². The standard InChI is InChI=1S/C9H19NO3/c1-12-8(13-2)6-9(11)4-3-5-10-7-9/h8,10-11H,3-7H2,1-2H3. The molecule has 13 heavy (non-hydrogen) atoms. The number of hydrogen-bond acceptors (Lipinski definition) is 4. The molecule has 0 aromatic carbocycles. The topological polar surface area (TPSA) is 50.7 Å². The normalized spacial score (nSPS) is 29.5. The second kappa shape index (κ2) is 4.91. The van der Waals surface area contributed by atoms with Crippen LogP contribution in [-0.2, 0) is 9.47 Å². The smallest absolute Gasteiger partial charge is 0.159 e. The zero-order chi connectivity index (χ0) is 9.73. The highest BCUT2D eigenvalue weighted by molar-refractivity contribution is 4.85. The van der Waals surface area contributed by atoms with E-state index in [2.05, 4.69) is 5.32 Å². The van der Waals surface area contributed by atoms with Crippen LogP contribution in [0.25, 0.3) is 0 Å². The van der Waals surface area contributed by atoms with E-state index >= 15 is 0 Å². The highest BCUT2D eigenvalue weighted by Crippen LogP contribution is 2.22. The van der Waals surface area contributed by atoms with Crippen LogP contribution < -0.4 is 5.32 Å². The SMILES string of the molecule is COC(CC1(O)CCCNC1)OC. The maximum atomic E-state index is 10.1. The second-order valence-electron chi connectivity index (χ2n) is 3.61. The summed E-state index contributed by atoms with van der Waals surface area (Å²) in [6, 6.07) is 0. The molecule has 0 spiro atoms. The van der Waals surface area contributed by atoms with Crippen molar-refractivity contribution >= 4 is 0 Å². The molecule has 2 N–H and O–H groups in total. The molecule has 0 radical (unpaired) electrons. The third-order valence-electron chi connectivity index (χ3n) is 2.52. The highest BCUT2D eigenvalue weighted by atomic mass is 16.7. The number of ether oxygens (including phenoxy) is 2. The first-order valence-corrected chi connectivity index (χ1v) is 4.69. The van der Waals surface area contributed by atoms with Crippen molar-refractivity contribution in [2.45, 2.75) is 31.2 Å². The van der Waals surface area contributed by atoms with Gasteiger partial charge in [-0.3, -0.25) is 0 Å². The van der Waals surface area contributed by atoms with Crippen molar-refractivity contribution in [3.05, 3.63) is 0 Å². The van der Waals surface area contributed by atoms with Crippen molar-refractivity contribution in [2.24, 2.45) is 0 Å². The molecule has 4 heteroatoms. The van der Waals surface area contributed by atoms with Crippen LogP contribution in [0.1, 0.15) is 19.3 Å². The first-order valence-electron chi connectivity index (χ1n) is 4.69. The van der Waals surface area contributed by atoms with E-state index in [0.29, 0.717) is 13.0 Å². The Labute approximate surface area is 79.2 Å². The molecule has 78 valence electrons. The van der Waals surface area contributed by atoms with Gasteiger partial charge in [0, 0.05) is 27.2 Å². The average molecular weight is 189 g/mol. The Morgan fingerprint density at radius 3 is 2.62 bits per heavy atom. The molecule has 1 fully saturated rings. The number of β-amino-alcohol motifs (C(OH)–C–C–N with tert-alkyl or cyclic N) is 1. The van der Waals surface area contributed by atoms with E-state index in [-0.39, 0.29) is 6.29 Å². The Morgan fingerprint density at radius 1 is 1.46 bits per heavy atom. The molecule has 4 nitrogen and oxygen atoms in total. The summed E-state index contributed by atoms with van der Waals surface area (Å²) in [5.74, 6) is 0. The first-order chi connectivity index (χ1) is 6.20. The Balaban J connectivity index is 2.39. The third-order valence-corrected chi connectivity index (χ3v) is 2.52. The van der Waals surface area contributed by atoms with E-state index in [9.17, 15) is 5.11 Å². The molecule has 0 aromatic heterocycles. The molecule has 0 saturated carbocycles. The molecule has 1 unspecified atom stereocenters. The lowest BCUT2D eigenvalue weighted by molar-refractivity contribution is -0.147. The molecule has 1 saturated heterocycles. The Kier molecular flexibility index (Phi) is 4.12. The first kappa shape index (κ1) is 10.9. The molecular weight excluding hydrogens is 170 g/mol. The van der Waals surface area contributed by atoms with E-state index in [1.807, 2.05) is 0 Å². The van der Waals surface area contributed by atoms with Crippen molar-refractivity contribution in [1.82, 2.24) is 5.32 Å². The predicted octanol–water partition coefficient (Wildman–Crippen LogP) is 0.110. The maximum Gasteiger partial charge on any atom is 0.159 e. The molecule has 1 heterocycles. The van der Waals surface area contributed by atoms with E-state index < -0.39 is 5.60 Å². The summed E-state index contributed by atoms with van der Waals surface area (Å²) in [5, 5.41) is 13.2. The van der Waals surface area contributed by atoms with Crippen molar-refractivity contribution in [1.29, 1.82) is 0 Å². The van der Waals surface area contributed by atoms with Gasteiger partial charge < -0.3 is 19.9 Å². The summed E-state index contributed by atoms with van der Waals surface area (Å²) >= 11 is 0. The molecule has 1 aliphatic heterocycles. The second-order valence-corrected chi connectivity index (χ2v) is 3.61. The van der Waals surface area contributed by atoms with Gasteiger partial charge in [-0.1, -0.05) is 0 Å². The van der Waals surface area contributed by atoms with Gasteiger partial charge in [0.15, 0.2) is 6.29 Å². The van der Waals surface area contributed by atoms with Crippen LogP contribution in [-0.4, -0.2) is 44.3 Å². The van der Waals surface area contributed by atoms with Gasteiger partial charge in [0.25, 0.3) is 0 Å².